The molecule has 0 unspecified atom stereocenters. The van der Waals surface area contributed by atoms with Crippen LogP contribution in [-0.2, 0) is 6.42 Å². The molecule has 0 aliphatic rings. The van der Waals surface area contributed by atoms with Crippen LogP contribution in [0.1, 0.15) is 12.0 Å². The fourth-order valence-corrected chi connectivity index (χ4v) is 1.56. The molecule has 2 N–H and O–H groups in total. The molecule has 0 radical (unpaired) electrons. The lowest BCUT2D eigenvalue weighted by atomic mass is 10.1. The first-order chi connectivity index (χ1) is 6.22. The summed E-state index contributed by atoms with van der Waals surface area (Å²) in [4.78, 5) is 0. The zero-order chi connectivity index (χ0) is 9.68. The minimum Gasteiger partial charge on any atom is -0.327 e. The number of aryl methyl sites for hydroxylation is 1. The number of rotatable bonds is 4. The van der Waals surface area contributed by atoms with E-state index in [2.05, 4.69) is 34.6 Å². The van der Waals surface area contributed by atoms with Crippen LogP contribution in [0.3, 0.4) is 0 Å². The van der Waals surface area contributed by atoms with E-state index in [1.165, 1.54) is 5.56 Å². The molecule has 0 bridgehead atoms. The Labute approximate surface area is 87.8 Å². The number of halogens is 1. The summed E-state index contributed by atoms with van der Waals surface area (Å²) in [5.41, 5.74) is 7.89. The Kier molecular flexibility index (Phi) is 4.19. The van der Waals surface area contributed by atoms with Crippen molar-refractivity contribution in [2.45, 2.75) is 12.8 Å². The molecule has 0 aliphatic heterocycles. The zero-order valence-corrected chi connectivity index (χ0v) is 9.18. The number of hydrogen-bond donors (Lipinski definition) is 1. The van der Waals surface area contributed by atoms with Crippen molar-refractivity contribution in [3.63, 3.8) is 0 Å². The van der Waals surface area contributed by atoms with Crippen molar-refractivity contribution in [2.24, 2.45) is 5.73 Å². The highest BCUT2D eigenvalue weighted by Gasteiger charge is 1.95. The Morgan fingerprint density at radius 2 is 2.23 bits per heavy atom. The Balaban J connectivity index is 2.50. The largest absolute Gasteiger partial charge is 0.327 e. The van der Waals surface area contributed by atoms with Gasteiger partial charge in [-0.2, -0.15) is 0 Å². The molecule has 0 atom stereocenters. The van der Waals surface area contributed by atoms with Gasteiger partial charge in [0.2, 0.25) is 0 Å². The summed E-state index contributed by atoms with van der Waals surface area (Å²) < 4.78 is 1.13. The van der Waals surface area contributed by atoms with Gasteiger partial charge >= 0.3 is 0 Å². The topological polar surface area (TPSA) is 26.0 Å². The maximum atomic E-state index is 5.46. The number of nitrogens with two attached hydrogens (primary N) is 1. The van der Waals surface area contributed by atoms with E-state index in [9.17, 15) is 0 Å². The van der Waals surface area contributed by atoms with Crippen molar-refractivity contribution in [3.8, 4) is 0 Å². The maximum absolute atomic E-state index is 5.46. The molecule has 2 heteroatoms. The molecule has 0 aliphatic carbocycles. The third-order valence-corrected chi connectivity index (χ3v) is 2.44. The molecule has 0 saturated heterocycles. The molecule has 70 valence electrons. The van der Waals surface area contributed by atoms with E-state index in [0.717, 1.165) is 22.9 Å². The van der Waals surface area contributed by atoms with E-state index >= 15 is 0 Å². The van der Waals surface area contributed by atoms with Crippen molar-refractivity contribution in [3.05, 3.63) is 46.5 Å². The Morgan fingerprint density at radius 1 is 1.46 bits per heavy atom. The summed E-state index contributed by atoms with van der Waals surface area (Å²) >= 11 is 3.44. The third kappa shape index (κ3) is 3.75. The molecule has 1 aromatic rings. The second kappa shape index (κ2) is 5.20. The monoisotopic (exact) mass is 239 g/mol. The van der Waals surface area contributed by atoms with E-state index in [-0.39, 0.29) is 0 Å². The molecular weight excluding hydrogens is 226 g/mol. The fraction of sp³-hybridized carbons (Fsp3) is 0.273. The lowest BCUT2D eigenvalue weighted by Crippen LogP contribution is -2.02. The smallest absolute Gasteiger partial charge is 0.0177 e. The molecule has 0 heterocycles. The summed E-state index contributed by atoms with van der Waals surface area (Å²) in [6.45, 7) is 4.47. The first-order valence-corrected chi connectivity index (χ1v) is 5.13. The van der Waals surface area contributed by atoms with Gasteiger partial charge in [0.15, 0.2) is 0 Å². The minimum absolute atomic E-state index is 0.591. The van der Waals surface area contributed by atoms with Crippen molar-refractivity contribution in [1.29, 1.82) is 0 Å². The second-order valence-electron chi connectivity index (χ2n) is 3.08. The van der Waals surface area contributed by atoms with E-state index in [1.54, 1.807) is 0 Å². The van der Waals surface area contributed by atoms with Crippen LogP contribution in [-0.4, -0.2) is 6.54 Å². The third-order valence-electron chi connectivity index (χ3n) is 1.94. The Morgan fingerprint density at radius 3 is 2.85 bits per heavy atom. The molecule has 13 heavy (non-hydrogen) atoms. The quantitative estimate of drug-likeness (QED) is 0.804. The number of benzene rings is 1. The van der Waals surface area contributed by atoms with E-state index in [4.69, 9.17) is 5.73 Å². The highest BCUT2D eigenvalue weighted by molar-refractivity contribution is 9.10. The predicted octanol–water partition coefficient (Wildman–Crippen LogP) is 2.90. The van der Waals surface area contributed by atoms with Gasteiger partial charge in [-0.25, -0.2) is 0 Å². The van der Waals surface area contributed by atoms with Crippen LogP contribution in [0.2, 0.25) is 0 Å². The van der Waals surface area contributed by atoms with Crippen LogP contribution in [0.25, 0.3) is 0 Å². The predicted molar refractivity (Wildman–Crippen MR) is 60.7 cm³/mol. The zero-order valence-electron chi connectivity index (χ0n) is 7.59. The summed E-state index contributed by atoms with van der Waals surface area (Å²) in [5.74, 6) is 0. The molecule has 1 nitrogen and oxygen atoms in total. The summed E-state index contributed by atoms with van der Waals surface area (Å²) in [5, 5.41) is 0. The van der Waals surface area contributed by atoms with Crippen LogP contribution in [0.5, 0.6) is 0 Å². The van der Waals surface area contributed by atoms with E-state index in [0.29, 0.717) is 6.54 Å². The summed E-state index contributed by atoms with van der Waals surface area (Å²) in [6, 6.07) is 8.32. The fourth-order valence-electron chi connectivity index (χ4n) is 1.12. The van der Waals surface area contributed by atoms with Crippen LogP contribution >= 0.6 is 15.9 Å². The van der Waals surface area contributed by atoms with Crippen molar-refractivity contribution in [2.75, 3.05) is 6.54 Å². The van der Waals surface area contributed by atoms with Crippen LogP contribution in [0.4, 0.5) is 0 Å². The lowest BCUT2D eigenvalue weighted by molar-refractivity contribution is 0.908. The van der Waals surface area contributed by atoms with Crippen LogP contribution < -0.4 is 5.73 Å². The molecule has 0 saturated carbocycles. The van der Waals surface area contributed by atoms with Gasteiger partial charge in [-0.1, -0.05) is 40.2 Å². The average Bonchev–Trinajstić information content (AvgIpc) is 2.14. The van der Waals surface area contributed by atoms with Gasteiger partial charge in [0, 0.05) is 11.0 Å². The lowest BCUT2D eigenvalue weighted by Gasteiger charge is -2.03. The molecule has 0 aromatic heterocycles. The molecule has 1 aromatic carbocycles. The van der Waals surface area contributed by atoms with Crippen molar-refractivity contribution in [1.82, 2.24) is 0 Å². The first-order valence-electron chi connectivity index (χ1n) is 4.33. The van der Waals surface area contributed by atoms with Gasteiger partial charge in [-0.3, -0.25) is 0 Å². The Hall–Kier alpha value is -0.600. The van der Waals surface area contributed by atoms with Crippen LogP contribution in [0, 0.1) is 0 Å². The molecule has 0 fully saturated rings. The van der Waals surface area contributed by atoms with Crippen molar-refractivity contribution >= 4 is 15.9 Å². The second-order valence-corrected chi connectivity index (χ2v) is 4.00. The van der Waals surface area contributed by atoms with Gasteiger partial charge in [-0.15, -0.1) is 0 Å². The summed E-state index contributed by atoms with van der Waals surface area (Å²) in [6.07, 6.45) is 2.00. The van der Waals surface area contributed by atoms with Gasteiger partial charge in [0.25, 0.3) is 0 Å². The standard InChI is InChI=1S/C11H14BrN/c1-9(8-13)5-6-10-3-2-4-11(12)7-10/h2-4,7H,1,5-6,8,13H2. The normalized spacial score (nSPS) is 10.0. The van der Waals surface area contributed by atoms with Gasteiger partial charge in [-0.05, 0) is 30.5 Å². The summed E-state index contributed by atoms with van der Waals surface area (Å²) in [7, 11) is 0. The molecule has 0 amide bonds. The first kappa shape index (κ1) is 10.5. The number of hydrogen-bond acceptors (Lipinski definition) is 1. The van der Waals surface area contributed by atoms with Gasteiger partial charge in [0.05, 0.1) is 0 Å². The Bertz CT molecular complexity index is 294. The van der Waals surface area contributed by atoms with Crippen LogP contribution in [0.15, 0.2) is 40.9 Å². The highest BCUT2D eigenvalue weighted by Crippen LogP contribution is 2.14. The maximum Gasteiger partial charge on any atom is 0.0177 e. The minimum atomic E-state index is 0.591. The molecule has 0 spiro atoms. The van der Waals surface area contributed by atoms with Gasteiger partial charge < -0.3 is 5.73 Å². The van der Waals surface area contributed by atoms with Gasteiger partial charge in [0.1, 0.15) is 0 Å². The van der Waals surface area contributed by atoms with E-state index < -0.39 is 0 Å². The van der Waals surface area contributed by atoms with E-state index in [1.807, 2.05) is 12.1 Å². The molecular formula is C11H14BrN. The average molecular weight is 240 g/mol. The highest BCUT2D eigenvalue weighted by atomic mass is 79.9. The van der Waals surface area contributed by atoms with Crippen molar-refractivity contribution < 1.29 is 0 Å². The molecule has 1 rings (SSSR count). The SMILES string of the molecule is C=C(CN)CCc1cccc(Br)c1.